The number of carbonyl (C=O) groups excluding carboxylic acids is 1. The van der Waals surface area contributed by atoms with Crippen molar-refractivity contribution in [2.24, 2.45) is 0 Å². The van der Waals surface area contributed by atoms with E-state index in [1.165, 1.54) is 5.56 Å². The van der Waals surface area contributed by atoms with E-state index in [0.717, 1.165) is 29.4 Å². The summed E-state index contributed by atoms with van der Waals surface area (Å²) in [6.07, 6.45) is 2.53. The third-order valence-electron chi connectivity index (χ3n) is 3.02. The predicted octanol–water partition coefficient (Wildman–Crippen LogP) is 4.20. The van der Waals surface area contributed by atoms with E-state index in [-0.39, 0.29) is 5.91 Å². The lowest BCUT2D eigenvalue weighted by Gasteiger charge is -2.07. The molecule has 0 bridgehead atoms. The molecule has 2 aromatic rings. The van der Waals surface area contributed by atoms with E-state index in [9.17, 15) is 4.79 Å². The fourth-order valence-electron chi connectivity index (χ4n) is 2.06. The highest BCUT2D eigenvalue weighted by molar-refractivity contribution is 9.09. The van der Waals surface area contributed by atoms with Gasteiger partial charge in [-0.05, 0) is 36.1 Å². The Labute approximate surface area is 128 Å². The first-order valence-electron chi connectivity index (χ1n) is 6.76. The van der Waals surface area contributed by atoms with Gasteiger partial charge in [0.05, 0.1) is 6.42 Å². The van der Waals surface area contributed by atoms with Crippen LogP contribution < -0.4 is 5.32 Å². The molecule has 0 aliphatic heterocycles. The van der Waals surface area contributed by atoms with Crippen LogP contribution in [0, 0.1) is 0 Å². The van der Waals surface area contributed by atoms with Gasteiger partial charge in [-0.2, -0.15) is 0 Å². The number of halogens is 1. The van der Waals surface area contributed by atoms with E-state index < -0.39 is 0 Å². The third kappa shape index (κ3) is 4.82. The van der Waals surface area contributed by atoms with Crippen LogP contribution in [0.15, 0.2) is 54.6 Å². The van der Waals surface area contributed by atoms with Crippen molar-refractivity contribution in [1.82, 2.24) is 0 Å². The van der Waals surface area contributed by atoms with Crippen LogP contribution in [0.1, 0.15) is 17.5 Å². The molecule has 104 valence electrons. The topological polar surface area (TPSA) is 29.1 Å². The number of amides is 1. The van der Waals surface area contributed by atoms with Crippen LogP contribution in [0.2, 0.25) is 0 Å². The highest BCUT2D eigenvalue weighted by Gasteiger charge is 2.04. The van der Waals surface area contributed by atoms with Crippen LogP contribution in [0.4, 0.5) is 5.69 Å². The molecular weight excluding hydrogens is 314 g/mol. The van der Waals surface area contributed by atoms with Crippen molar-refractivity contribution >= 4 is 27.5 Å². The number of anilines is 1. The molecule has 0 atom stereocenters. The minimum Gasteiger partial charge on any atom is -0.326 e. The van der Waals surface area contributed by atoms with Crippen molar-refractivity contribution in [3.63, 3.8) is 0 Å². The van der Waals surface area contributed by atoms with Gasteiger partial charge in [0.1, 0.15) is 0 Å². The zero-order valence-electron chi connectivity index (χ0n) is 11.3. The molecule has 0 saturated heterocycles. The van der Waals surface area contributed by atoms with E-state index in [4.69, 9.17) is 0 Å². The number of hydrogen-bond donors (Lipinski definition) is 1. The zero-order valence-corrected chi connectivity index (χ0v) is 12.9. The Balaban J connectivity index is 1.94. The second-order valence-corrected chi connectivity index (χ2v) is 5.50. The highest BCUT2D eigenvalue weighted by Crippen LogP contribution is 2.13. The fraction of sp³-hybridized carbons (Fsp3) is 0.235. The summed E-state index contributed by atoms with van der Waals surface area (Å²) in [5.41, 5.74) is 3.15. The number of nitrogens with one attached hydrogen (secondary N) is 1. The molecule has 0 unspecified atom stereocenters. The minimum absolute atomic E-state index is 0.0221. The number of alkyl halides is 1. The second kappa shape index (κ2) is 7.85. The van der Waals surface area contributed by atoms with Gasteiger partial charge in [0.2, 0.25) is 5.91 Å². The number of benzene rings is 2. The molecule has 2 nitrogen and oxygen atoms in total. The summed E-state index contributed by atoms with van der Waals surface area (Å²) < 4.78 is 0. The van der Waals surface area contributed by atoms with E-state index in [2.05, 4.69) is 27.3 Å². The monoisotopic (exact) mass is 331 g/mol. The van der Waals surface area contributed by atoms with Crippen LogP contribution >= 0.6 is 15.9 Å². The van der Waals surface area contributed by atoms with Crippen molar-refractivity contribution in [3.05, 3.63) is 65.7 Å². The Hall–Kier alpha value is -1.61. The third-order valence-corrected chi connectivity index (χ3v) is 3.58. The molecule has 3 heteroatoms. The Morgan fingerprint density at radius 1 is 1.00 bits per heavy atom. The van der Waals surface area contributed by atoms with Crippen LogP contribution in [0.25, 0.3) is 0 Å². The van der Waals surface area contributed by atoms with Gasteiger partial charge in [-0.3, -0.25) is 4.79 Å². The zero-order chi connectivity index (χ0) is 14.2. The van der Waals surface area contributed by atoms with Crippen LogP contribution in [0.3, 0.4) is 0 Å². The van der Waals surface area contributed by atoms with E-state index in [0.29, 0.717) is 6.42 Å². The molecule has 0 spiro atoms. The van der Waals surface area contributed by atoms with Gasteiger partial charge < -0.3 is 5.32 Å². The second-order valence-electron chi connectivity index (χ2n) is 4.70. The van der Waals surface area contributed by atoms with E-state index in [1.54, 1.807) is 0 Å². The average molecular weight is 332 g/mol. The van der Waals surface area contributed by atoms with Gasteiger partial charge in [-0.15, -0.1) is 0 Å². The lowest BCUT2D eigenvalue weighted by Crippen LogP contribution is -2.14. The summed E-state index contributed by atoms with van der Waals surface area (Å²) in [5, 5.41) is 3.95. The molecule has 0 heterocycles. The lowest BCUT2D eigenvalue weighted by molar-refractivity contribution is -0.115. The molecule has 2 aromatic carbocycles. The van der Waals surface area contributed by atoms with Crippen molar-refractivity contribution in [2.75, 3.05) is 10.6 Å². The van der Waals surface area contributed by atoms with Gasteiger partial charge in [-0.25, -0.2) is 0 Å². The maximum absolute atomic E-state index is 12.0. The number of rotatable bonds is 6. The minimum atomic E-state index is 0.0221. The fourth-order valence-corrected chi connectivity index (χ4v) is 2.34. The Bertz CT molecular complexity index is 554. The Kier molecular flexibility index (Phi) is 5.81. The maximum Gasteiger partial charge on any atom is 0.228 e. The molecule has 0 fully saturated rings. The number of aryl methyl sites for hydroxylation is 1. The highest BCUT2D eigenvalue weighted by atomic mass is 79.9. The van der Waals surface area contributed by atoms with Crippen LogP contribution in [0.5, 0.6) is 0 Å². The van der Waals surface area contributed by atoms with Crippen molar-refractivity contribution < 1.29 is 4.79 Å². The molecular formula is C17H18BrNO. The summed E-state index contributed by atoms with van der Waals surface area (Å²) in [5.74, 6) is 0.0221. The van der Waals surface area contributed by atoms with Gasteiger partial charge in [0, 0.05) is 11.0 Å². The van der Waals surface area contributed by atoms with Crippen LogP contribution in [-0.2, 0) is 17.6 Å². The van der Waals surface area contributed by atoms with Crippen molar-refractivity contribution in [1.29, 1.82) is 0 Å². The largest absolute Gasteiger partial charge is 0.326 e. The molecule has 0 radical (unpaired) electrons. The van der Waals surface area contributed by atoms with Gasteiger partial charge in [0.25, 0.3) is 0 Å². The normalized spacial score (nSPS) is 10.2. The lowest BCUT2D eigenvalue weighted by atomic mass is 10.1. The molecule has 20 heavy (non-hydrogen) atoms. The summed E-state index contributed by atoms with van der Waals surface area (Å²) in [7, 11) is 0. The van der Waals surface area contributed by atoms with E-state index in [1.807, 2.05) is 48.5 Å². The number of carbonyl (C=O) groups is 1. The molecule has 0 saturated carbocycles. The summed E-state index contributed by atoms with van der Waals surface area (Å²) in [6, 6.07) is 17.8. The maximum atomic E-state index is 12.0. The quantitative estimate of drug-likeness (QED) is 0.790. The number of hydrogen-bond acceptors (Lipinski definition) is 1. The van der Waals surface area contributed by atoms with E-state index >= 15 is 0 Å². The first-order valence-corrected chi connectivity index (χ1v) is 7.89. The van der Waals surface area contributed by atoms with Gasteiger partial charge >= 0.3 is 0 Å². The van der Waals surface area contributed by atoms with Gasteiger partial charge in [-0.1, -0.05) is 58.4 Å². The average Bonchev–Trinajstić information content (AvgIpc) is 2.46. The SMILES string of the molecule is O=C(Cc1ccccc1)Nc1cccc(CCCBr)c1. The standard InChI is InChI=1S/C17H18BrNO/c18-11-5-9-14-8-4-10-16(12-14)19-17(20)13-15-6-2-1-3-7-15/h1-4,6-8,10,12H,5,9,11,13H2,(H,19,20). The summed E-state index contributed by atoms with van der Waals surface area (Å²) >= 11 is 3.43. The molecule has 0 aliphatic rings. The molecule has 0 aliphatic carbocycles. The molecule has 0 aromatic heterocycles. The first-order chi connectivity index (χ1) is 9.78. The summed E-state index contributed by atoms with van der Waals surface area (Å²) in [6.45, 7) is 0. The predicted molar refractivity (Wildman–Crippen MR) is 87.3 cm³/mol. The molecule has 1 amide bonds. The van der Waals surface area contributed by atoms with Crippen molar-refractivity contribution in [2.45, 2.75) is 19.3 Å². The van der Waals surface area contributed by atoms with Crippen LogP contribution in [-0.4, -0.2) is 11.2 Å². The first kappa shape index (κ1) is 14.8. The smallest absolute Gasteiger partial charge is 0.228 e. The summed E-state index contributed by atoms with van der Waals surface area (Å²) in [4.78, 5) is 12.0. The Morgan fingerprint density at radius 3 is 2.50 bits per heavy atom. The van der Waals surface area contributed by atoms with Gasteiger partial charge in [0.15, 0.2) is 0 Å². The van der Waals surface area contributed by atoms with Crippen molar-refractivity contribution in [3.8, 4) is 0 Å². The Morgan fingerprint density at radius 2 is 1.75 bits per heavy atom. The molecule has 1 N–H and O–H groups in total. The molecule has 2 rings (SSSR count).